The Morgan fingerprint density at radius 1 is 1.03 bits per heavy atom. The predicted octanol–water partition coefficient (Wildman–Crippen LogP) is 4.50. The zero-order valence-electron chi connectivity index (χ0n) is 16.5. The highest BCUT2D eigenvalue weighted by atomic mass is 32.2. The number of carbonyl (C=O) groups is 3. The number of furan rings is 1. The minimum Gasteiger partial charge on any atom is -0.494 e. The zero-order valence-corrected chi connectivity index (χ0v) is 17.3. The standard InChI is InChI=1S/C23H18N2O5S/c1-2-29-16-8-6-7-15(13-16)25-22(27)19(21(26)24-23(25)28)14-17-11-12-20(30-17)31-18-9-4-3-5-10-18/h3-14H,2H2,1H3,(H,24,26,28). The fourth-order valence-electron chi connectivity index (χ4n) is 2.98. The van der Waals surface area contributed by atoms with Crippen LogP contribution in [0.5, 0.6) is 5.75 Å². The Balaban J connectivity index is 1.60. The fourth-order valence-corrected chi connectivity index (χ4v) is 3.78. The maximum Gasteiger partial charge on any atom is 0.335 e. The summed E-state index contributed by atoms with van der Waals surface area (Å²) < 4.78 is 11.2. The monoisotopic (exact) mass is 434 g/mol. The van der Waals surface area contributed by atoms with Crippen molar-refractivity contribution < 1.29 is 23.5 Å². The molecule has 2 heterocycles. The lowest BCUT2D eigenvalue weighted by molar-refractivity contribution is -0.122. The summed E-state index contributed by atoms with van der Waals surface area (Å²) in [5.41, 5.74) is 0.0960. The van der Waals surface area contributed by atoms with E-state index in [9.17, 15) is 14.4 Å². The number of ether oxygens (including phenoxy) is 1. The number of hydrogen-bond donors (Lipinski definition) is 1. The van der Waals surface area contributed by atoms with Gasteiger partial charge in [-0.05, 0) is 49.4 Å². The van der Waals surface area contributed by atoms with E-state index in [2.05, 4.69) is 5.32 Å². The van der Waals surface area contributed by atoms with Crippen LogP contribution in [0.2, 0.25) is 0 Å². The van der Waals surface area contributed by atoms with Gasteiger partial charge in [-0.25, -0.2) is 9.69 Å². The molecular formula is C23H18N2O5S. The summed E-state index contributed by atoms with van der Waals surface area (Å²) in [7, 11) is 0. The second kappa shape index (κ2) is 8.93. The molecule has 7 nitrogen and oxygen atoms in total. The number of urea groups is 1. The van der Waals surface area contributed by atoms with Gasteiger partial charge in [0.05, 0.1) is 12.3 Å². The number of nitrogens with one attached hydrogen (secondary N) is 1. The molecule has 4 rings (SSSR count). The molecule has 1 aromatic heterocycles. The normalized spacial score (nSPS) is 15.3. The van der Waals surface area contributed by atoms with Crippen molar-refractivity contribution >= 4 is 41.4 Å². The van der Waals surface area contributed by atoms with Gasteiger partial charge in [0, 0.05) is 11.0 Å². The van der Waals surface area contributed by atoms with Crippen LogP contribution in [0.15, 0.2) is 86.7 Å². The van der Waals surface area contributed by atoms with Crippen molar-refractivity contribution in [2.75, 3.05) is 11.5 Å². The molecule has 1 N–H and O–H groups in total. The van der Waals surface area contributed by atoms with E-state index in [4.69, 9.17) is 9.15 Å². The van der Waals surface area contributed by atoms with Crippen molar-refractivity contribution in [3.8, 4) is 5.75 Å². The number of imide groups is 2. The molecule has 1 fully saturated rings. The minimum atomic E-state index is -0.819. The third-order valence-corrected chi connectivity index (χ3v) is 5.27. The van der Waals surface area contributed by atoms with Crippen molar-refractivity contribution in [3.05, 3.63) is 78.1 Å². The summed E-state index contributed by atoms with van der Waals surface area (Å²) in [6, 6.07) is 18.8. The van der Waals surface area contributed by atoms with E-state index in [-0.39, 0.29) is 5.57 Å². The van der Waals surface area contributed by atoms with Gasteiger partial charge < -0.3 is 9.15 Å². The van der Waals surface area contributed by atoms with Crippen molar-refractivity contribution in [2.24, 2.45) is 0 Å². The first-order valence-electron chi connectivity index (χ1n) is 9.52. The van der Waals surface area contributed by atoms with E-state index in [1.807, 2.05) is 37.3 Å². The smallest absolute Gasteiger partial charge is 0.335 e. The second-order valence-electron chi connectivity index (χ2n) is 6.46. The van der Waals surface area contributed by atoms with Gasteiger partial charge in [0.15, 0.2) is 5.09 Å². The lowest BCUT2D eigenvalue weighted by atomic mass is 10.1. The number of anilines is 1. The predicted molar refractivity (Wildman–Crippen MR) is 116 cm³/mol. The molecule has 0 saturated carbocycles. The third kappa shape index (κ3) is 4.54. The Morgan fingerprint density at radius 2 is 1.84 bits per heavy atom. The van der Waals surface area contributed by atoms with Gasteiger partial charge in [-0.15, -0.1) is 0 Å². The Labute approximate surface area is 182 Å². The molecule has 0 aliphatic carbocycles. The lowest BCUT2D eigenvalue weighted by Crippen LogP contribution is -2.54. The molecule has 0 spiro atoms. The average Bonchev–Trinajstić information content (AvgIpc) is 3.19. The molecule has 0 bridgehead atoms. The zero-order chi connectivity index (χ0) is 21.8. The highest BCUT2D eigenvalue weighted by Crippen LogP contribution is 2.30. The van der Waals surface area contributed by atoms with Gasteiger partial charge in [0.25, 0.3) is 11.8 Å². The Morgan fingerprint density at radius 3 is 2.61 bits per heavy atom. The lowest BCUT2D eigenvalue weighted by Gasteiger charge is -2.26. The van der Waals surface area contributed by atoms with Gasteiger partial charge in [0.2, 0.25) is 0 Å². The van der Waals surface area contributed by atoms with Crippen LogP contribution in [0.4, 0.5) is 10.5 Å². The van der Waals surface area contributed by atoms with Crippen LogP contribution in [0, 0.1) is 0 Å². The molecule has 1 aliphatic heterocycles. The number of benzene rings is 2. The van der Waals surface area contributed by atoms with E-state index in [1.165, 1.54) is 17.8 Å². The first-order valence-corrected chi connectivity index (χ1v) is 10.3. The molecule has 1 saturated heterocycles. The summed E-state index contributed by atoms with van der Waals surface area (Å²) in [4.78, 5) is 39.6. The van der Waals surface area contributed by atoms with Crippen LogP contribution >= 0.6 is 11.8 Å². The second-order valence-corrected chi connectivity index (χ2v) is 7.54. The number of rotatable bonds is 6. The number of amides is 4. The van der Waals surface area contributed by atoms with Crippen LogP contribution in [-0.4, -0.2) is 24.5 Å². The highest BCUT2D eigenvalue weighted by Gasteiger charge is 2.37. The van der Waals surface area contributed by atoms with Gasteiger partial charge in [-0.2, -0.15) is 0 Å². The number of nitrogens with zero attached hydrogens (tertiary/aromatic N) is 1. The van der Waals surface area contributed by atoms with Crippen molar-refractivity contribution in [3.63, 3.8) is 0 Å². The molecule has 3 aromatic rings. The first kappa shape index (κ1) is 20.5. The maximum atomic E-state index is 13.0. The maximum absolute atomic E-state index is 13.0. The Bertz CT molecular complexity index is 1170. The molecule has 2 aromatic carbocycles. The van der Waals surface area contributed by atoms with Crippen LogP contribution in [-0.2, 0) is 9.59 Å². The summed E-state index contributed by atoms with van der Waals surface area (Å²) in [6.45, 7) is 2.27. The summed E-state index contributed by atoms with van der Waals surface area (Å²) in [6.07, 6.45) is 1.33. The topological polar surface area (TPSA) is 88.8 Å². The van der Waals surface area contributed by atoms with Gasteiger partial charge in [0.1, 0.15) is 17.1 Å². The summed E-state index contributed by atoms with van der Waals surface area (Å²) in [5.74, 6) is -0.678. The van der Waals surface area contributed by atoms with E-state index in [1.54, 1.807) is 36.4 Å². The van der Waals surface area contributed by atoms with Gasteiger partial charge in [-0.1, -0.05) is 36.0 Å². The molecule has 8 heteroatoms. The Hall–Kier alpha value is -3.78. The van der Waals surface area contributed by atoms with Crippen LogP contribution in [0.25, 0.3) is 6.08 Å². The number of hydrogen-bond acceptors (Lipinski definition) is 6. The van der Waals surface area contributed by atoms with E-state index in [0.717, 1.165) is 9.80 Å². The molecule has 0 radical (unpaired) electrons. The van der Waals surface area contributed by atoms with Crippen LogP contribution in [0.3, 0.4) is 0 Å². The van der Waals surface area contributed by atoms with Crippen molar-refractivity contribution in [2.45, 2.75) is 16.9 Å². The SMILES string of the molecule is CCOc1cccc(N2C(=O)NC(=O)C(=Cc3ccc(Sc4ccccc4)o3)C2=O)c1. The number of barbiturate groups is 1. The molecule has 0 unspecified atom stereocenters. The minimum absolute atomic E-state index is 0.202. The molecule has 156 valence electrons. The molecule has 1 aliphatic rings. The van der Waals surface area contributed by atoms with E-state index in [0.29, 0.717) is 28.9 Å². The largest absolute Gasteiger partial charge is 0.494 e. The number of carbonyl (C=O) groups excluding carboxylic acids is 3. The molecule has 31 heavy (non-hydrogen) atoms. The Kier molecular flexibility index (Phi) is 5.90. The van der Waals surface area contributed by atoms with Crippen molar-refractivity contribution in [1.82, 2.24) is 5.32 Å². The molecule has 4 amide bonds. The third-order valence-electron chi connectivity index (χ3n) is 4.34. The fraction of sp³-hybridized carbons (Fsp3) is 0.0870. The van der Waals surface area contributed by atoms with E-state index < -0.39 is 17.8 Å². The quantitative estimate of drug-likeness (QED) is 0.454. The van der Waals surface area contributed by atoms with Crippen LogP contribution in [0.1, 0.15) is 12.7 Å². The average molecular weight is 434 g/mol. The van der Waals surface area contributed by atoms with E-state index >= 15 is 0 Å². The van der Waals surface area contributed by atoms with Crippen LogP contribution < -0.4 is 15.0 Å². The van der Waals surface area contributed by atoms with Gasteiger partial charge >= 0.3 is 6.03 Å². The summed E-state index contributed by atoms with van der Waals surface area (Å²) in [5, 5.41) is 2.81. The highest BCUT2D eigenvalue weighted by molar-refractivity contribution is 7.99. The summed E-state index contributed by atoms with van der Waals surface area (Å²) >= 11 is 1.42. The first-order chi connectivity index (χ1) is 15.0. The molecular weight excluding hydrogens is 416 g/mol. The van der Waals surface area contributed by atoms with Crippen molar-refractivity contribution in [1.29, 1.82) is 0 Å². The molecule has 0 atom stereocenters. The van der Waals surface area contributed by atoms with Gasteiger partial charge in [-0.3, -0.25) is 14.9 Å².